The van der Waals surface area contributed by atoms with Gasteiger partial charge >= 0.3 is 0 Å². The van der Waals surface area contributed by atoms with E-state index in [2.05, 4.69) is 29.8 Å². The van der Waals surface area contributed by atoms with Gasteiger partial charge in [-0.1, -0.05) is 29.8 Å². The van der Waals surface area contributed by atoms with Crippen molar-refractivity contribution in [2.75, 3.05) is 12.4 Å². The number of hydrogen-bond acceptors (Lipinski definition) is 2. The Bertz CT molecular complexity index is 496. The monoisotopic (exact) mass is 398 g/mol. The summed E-state index contributed by atoms with van der Waals surface area (Å²) in [5.74, 6) is 3.31. The summed E-state index contributed by atoms with van der Waals surface area (Å²) in [6.07, 6.45) is 11.5. The Hall–Kier alpha value is 0.400. The first-order chi connectivity index (χ1) is 11.4. The molecule has 3 heteroatoms. The molecule has 0 bridgehead atoms. The zero-order valence-corrected chi connectivity index (χ0v) is 17.3. The highest BCUT2D eigenvalue weighted by Crippen LogP contribution is 2.68. The fourth-order valence-electron chi connectivity index (χ4n) is 7.80. The Labute approximate surface area is 156 Å². The molecule has 0 aromatic carbocycles. The topological polar surface area (TPSA) is 29.5 Å². The highest BCUT2D eigenvalue weighted by molar-refractivity contribution is 9.09. The molecular formula is C21H35BrO2. The van der Waals surface area contributed by atoms with E-state index in [1.807, 2.05) is 0 Å². The molecule has 138 valence electrons. The number of ether oxygens (including phenoxy) is 1. The van der Waals surface area contributed by atoms with Crippen LogP contribution in [0.5, 0.6) is 0 Å². The predicted molar refractivity (Wildman–Crippen MR) is 101 cm³/mol. The zero-order valence-electron chi connectivity index (χ0n) is 15.7. The van der Waals surface area contributed by atoms with Gasteiger partial charge in [-0.15, -0.1) is 0 Å². The van der Waals surface area contributed by atoms with Gasteiger partial charge in [0.2, 0.25) is 0 Å². The Morgan fingerprint density at radius 1 is 1.00 bits per heavy atom. The van der Waals surface area contributed by atoms with Crippen LogP contribution in [0, 0.1) is 40.4 Å². The Kier molecular flexibility index (Phi) is 4.42. The van der Waals surface area contributed by atoms with E-state index in [0.717, 1.165) is 42.9 Å². The average molecular weight is 399 g/mol. The Balaban J connectivity index is 1.60. The van der Waals surface area contributed by atoms with Gasteiger partial charge in [-0.25, -0.2) is 0 Å². The minimum absolute atomic E-state index is 0.0286. The summed E-state index contributed by atoms with van der Waals surface area (Å²) in [5, 5.41) is 12.3. The summed E-state index contributed by atoms with van der Waals surface area (Å²) in [7, 11) is 1.71. The zero-order chi connectivity index (χ0) is 17.2. The van der Waals surface area contributed by atoms with Gasteiger partial charge < -0.3 is 9.84 Å². The summed E-state index contributed by atoms with van der Waals surface area (Å²) in [6.45, 7) is 4.94. The second-order valence-corrected chi connectivity index (χ2v) is 10.6. The lowest BCUT2D eigenvalue weighted by molar-refractivity contribution is -0.266. The molecule has 4 rings (SSSR count). The standard InChI is InChI=1S/C21H35BrO2/c1-19-9-6-14(13-22)12-15(19)4-5-16-17(19)7-10-20(2)18(16)8-11-21(20,23)24-3/h14-18,23H,4-13H2,1-3H3/t14?,15?,16-,17-,18+,19+,20+,21?/m1/s1. The third kappa shape index (κ3) is 2.26. The van der Waals surface area contributed by atoms with Gasteiger partial charge in [-0.05, 0) is 86.4 Å². The molecule has 0 amide bonds. The highest BCUT2D eigenvalue weighted by atomic mass is 79.9. The molecule has 0 aromatic rings. The van der Waals surface area contributed by atoms with Crippen molar-refractivity contribution >= 4 is 15.9 Å². The van der Waals surface area contributed by atoms with Crippen LogP contribution in [0.3, 0.4) is 0 Å². The van der Waals surface area contributed by atoms with Crippen LogP contribution in [0.4, 0.5) is 0 Å². The maximum atomic E-state index is 11.1. The Morgan fingerprint density at radius 2 is 1.75 bits per heavy atom. The minimum atomic E-state index is -0.881. The summed E-state index contributed by atoms with van der Waals surface area (Å²) < 4.78 is 5.66. The number of halogens is 1. The third-order valence-corrected chi connectivity index (χ3v) is 10.3. The molecule has 4 saturated carbocycles. The van der Waals surface area contributed by atoms with Gasteiger partial charge in [0.1, 0.15) is 0 Å². The second kappa shape index (κ2) is 5.96. The lowest BCUT2D eigenvalue weighted by Crippen LogP contribution is -2.57. The predicted octanol–water partition coefficient (Wildman–Crippen LogP) is 5.38. The van der Waals surface area contributed by atoms with Gasteiger partial charge in [0, 0.05) is 24.3 Å². The molecule has 3 unspecified atom stereocenters. The maximum absolute atomic E-state index is 11.1. The molecule has 1 N–H and O–H groups in total. The molecule has 4 fully saturated rings. The molecule has 0 aliphatic heterocycles. The minimum Gasteiger partial charge on any atom is -0.365 e. The molecule has 0 aromatic heterocycles. The van der Waals surface area contributed by atoms with Gasteiger partial charge in [-0.3, -0.25) is 0 Å². The van der Waals surface area contributed by atoms with E-state index >= 15 is 0 Å². The largest absolute Gasteiger partial charge is 0.365 e. The van der Waals surface area contributed by atoms with E-state index < -0.39 is 5.79 Å². The third-order valence-electron chi connectivity index (χ3n) is 9.41. The van der Waals surface area contributed by atoms with Crippen LogP contribution >= 0.6 is 15.9 Å². The highest BCUT2D eigenvalue weighted by Gasteiger charge is 2.65. The number of hydrogen-bond donors (Lipinski definition) is 1. The van der Waals surface area contributed by atoms with Crippen LogP contribution in [0.2, 0.25) is 0 Å². The van der Waals surface area contributed by atoms with Crippen molar-refractivity contribution in [3.8, 4) is 0 Å². The molecule has 4 aliphatic rings. The molecule has 8 atom stereocenters. The molecule has 4 aliphatic carbocycles. The van der Waals surface area contributed by atoms with Gasteiger partial charge in [0.05, 0.1) is 0 Å². The van der Waals surface area contributed by atoms with Gasteiger partial charge in [0.15, 0.2) is 5.79 Å². The van der Waals surface area contributed by atoms with Crippen molar-refractivity contribution < 1.29 is 9.84 Å². The van der Waals surface area contributed by atoms with E-state index in [1.165, 1.54) is 43.9 Å². The quantitative estimate of drug-likeness (QED) is 0.499. The van der Waals surface area contributed by atoms with Crippen LogP contribution < -0.4 is 0 Å². The first-order valence-electron chi connectivity index (χ1n) is 10.2. The van der Waals surface area contributed by atoms with Crippen molar-refractivity contribution in [1.29, 1.82) is 0 Å². The number of rotatable bonds is 2. The smallest absolute Gasteiger partial charge is 0.170 e. The van der Waals surface area contributed by atoms with E-state index in [0.29, 0.717) is 11.3 Å². The van der Waals surface area contributed by atoms with Crippen molar-refractivity contribution in [2.45, 2.75) is 77.4 Å². The lowest BCUT2D eigenvalue weighted by atomic mass is 9.44. The van der Waals surface area contributed by atoms with Crippen LogP contribution in [0.25, 0.3) is 0 Å². The van der Waals surface area contributed by atoms with Gasteiger partial charge in [0.25, 0.3) is 0 Å². The van der Waals surface area contributed by atoms with Crippen molar-refractivity contribution in [2.24, 2.45) is 40.4 Å². The SMILES string of the molecule is COC1(O)CC[C@H]2[C@@H]3CCC4CC(CBr)CC[C@]4(C)[C@@H]3CC[C@@]21C. The van der Waals surface area contributed by atoms with Gasteiger partial charge in [-0.2, -0.15) is 0 Å². The lowest BCUT2D eigenvalue weighted by Gasteiger charge is -2.61. The summed E-state index contributed by atoms with van der Waals surface area (Å²) in [4.78, 5) is 0. The van der Waals surface area contributed by atoms with E-state index in [1.54, 1.807) is 7.11 Å². The first kappa shape index (κ1) is 17.8. The van der Waals surface area contributed by atoms with Crippen molar-refractivity contribution in [3.63, 3.8) is 0 Å². The van der Waals surface area contributed by atoms with Crippen LogP contribution in [0.15, 0.2) is 0 Å². The molecule has 0 heterocycles. The van der Waals surface area contributed by atoms with Crippen molar-refractivity contribution in [3.05, 3.63) is 0 Å². The number of methoxy groups -OCH3 is 1. The number of alkyl halides is 1. The molecule has 0 saturated heterocycles. The fourth-order valence-corrected chi connectivity index (χ4v) is 8.38. The summed E-state index contributed by atoms with van der Waals surface area (Å²) >= 11 is 3.74. The summed E-state index contributed by atoms with van der Waals surface area (Å²) in [6, 6.07) is 0. The molecule has 0 spiro atoms. The molecule has 0 radical (unpaired) electrons. The summed E-state index contributed by atoms with van der Waals surface area (Å²) in [5.41, 5.74) is 0.524. The molecular weight excluding hydrogens is 364 g/mol. The molecule has 24 heavy (non-hydrogen) atoms. The first-order valence-corrected chi connectivity index (χ1v) is 11.3. The van der Waals surface area contributed by atoms with Crippen molar-refractivity contribution in [1.82, 2.24) is 0 Å². The Morgan fingerprint density at radius 3 is 2.46 bits per heavy atom. The average Bonchev–Trinajstić information content (AvgIpc) is 2.86. The number of aliphatic hydroxyl groups is 1. The van der Waals surface area contributed by atoms with Crippen LogP contribution in [0.1, 0.15) is 71.6 Å². The van der Waals surface area contributed by atoms with E-state index in [4.69, 9.17) is 4.74 Å². The normalized spacial score (nSPS) is 57.1. The van der Waals surface area contributed by atoms with E-state index in [-0.39, 0.29) is 5.41 Å². The number of fused-ring (bicyclic) bond motifs is 5. The second-order valence-electron chi connectivity index (χ2n) is 9.93. The van der Waals surface area contributed by atoms with Crippen LogP contribution in [-0.4, -0.2) is 23.3 Å². The van der Waals surface area contributed by atoms with Crippen LogP contribution in [-0.2, 0) is 4.74 Å². The maximum Gasteiger partial charge on any atom is 0.170 e. The fraction of sp³-hybridized carbons (Fsp3) is 1.00. The van der Waals surface area contributed by atoms with E-state index in [9.17, 15) is 5.11 Å². The molecule has 2 nitrogen and oxygen atoms in total.